The van der Waals surface area contributed by atoms with Crippen LogP contribution in [0.1, 0.15) is 34.8 Å². The molecule has 1 aliphatic rings. The van der Waals surface area contributed by atoms with Crippen molar-refractivity contribution < 1.29 is 23.8 Å². The van der Waals surface area contributed by atoms with Gasteiger partial charge in [-0.1, -0.05) is 30.3 Å². The summed E-state index contributed by atoms with van der Waals surface area (Å²) in [7, 11) is 0. The van der Waals surface area contributed by atoms with E-state index in [1.807, 2.05) is 6.92 Å². The Balaban J connectivity index is 1.62. The smallest absolute Gasteiger partial charge is 0.264 e. The number of carbonyl (C=O) groups is 2. The Morgan fingerprint density at radius 3 is 2.52 bits per heavy atom. The number of rotatable bonds is 7. The van der Waals surface area contributed by atoms with Crippen LogP contribution in [0.3, 0.4) is 0 Å². The summed E-state index contributed by atoms with van der Waals surface area (Å²) in [4.78, 5) is 27.6. The van der Waals surface area contributed by atoms with Crippen LogP contribution in [0, 0.1) is 5.82 Å². The predicted octanol–water partition coefficient (Wildman–Crippen LogP) is 4.23. The second-order valence-electron chi connectivity index (χ2n) is 7.46. The van der Waals surface area contributed by atoms with Gasteiger partial charge in [0.2, 0.25) is 0 Å². The molecule has 0 fully saturated rings. The number of ketones is 1. The van der Waals surface area contributed by atoms with Gasteiger partial charge in [-0.15, -0.1) is 0 Å². The van der Waals surface area contributed by atoms with Gasteiger partial charge in [0.05, 0.1) is 25.3 Å². The van der Waals surface area contributed by atoms with Crippen molar-refractivity contribution in [2.45, 2.75) is 25.5 Å². The van der Waals surface area contributed by atoms with Gasteiger partial charge in [0, 0.05) is 11.1 Å². The van der Waals surface area contributed by atoms with Crippen molar-refractivity contribution in [2.24, 2.45) is 0 Å². The third-order valence-electron chi connectivity index (χ3n) is 5.37. The minimum absolute atomic E-state index is 0.0904. The second-order valence-corrected chi connectivity index (χ2v) is 7.46. The summed E-state index contributed by atoms with van der Waals surface area (Å²) in [6, 6.07) is 19.4. The highest BCUT2D eigenvalue weighted by Crippen LogP contribution is 2.43. The van der Waals surface area contributed by atoms with Gasteiger partial charge in [-0.2, -0.15) is 0 Å². The summed E-state index contributed by atoms with van der Waals surface area (Å²) in [6.07, 6.45) is -0.392. The molecule has 0 bridgehead atoms. The molecule has 31 heavy (non-hydrogen) atoms. The highest BCUT2D eigenvalue weighted by Gasteiger charge is 2.50. The average Bonchev–Trinajstić information content (AvgIpc) is 2.96. The van der Waals surface area contributed by atoms with Crippen LogP contribution in [0.25, 0.3) is 0 Å². The van der Waals surface area contributed by atoms with Crippen molar-refractivity contribution in [1.29, 1.82) is 0 Å². The molecule has 4 rings (SSSR count). The maximum Gasteiger partial charge on any atom is 0.264 e. The molecule has 6 heteroatoms. The van der Waals surface area contributed by atoms with E-state index in [-0.39, 0.29) is 12.3 Å². The molecule has 0 aliphatic carbocycles. The zero-order chi connectivity index (χ0) is 22.0. The van der Waals surface area contributed by atoms with Crippen molar-refractivity contribution in [3.05, 3.63) is 95.3 Å². The Kier molecular flexibility index (Phi) is 5.57. The van der Waals surface area contributed by atoms with Crippen LogP contribution in [0.2, 0.25) is 0 Å². The van der Waals surface area contributed by atoms with E-state index < -0.39 is 23.7 Å². The monoisotopic (exact) mass is 419 g/mol. The Hall–Kier alpha value is -3.51. The van der Waals surface area contributed by atoms with E-state index in [0.717, 1.165) is 0 Å². The third kappa shape index (κ3) is 3.94. The van der Waals surface area contributed by atoms with E-state index in [0.29, 0.717) is 34.7 Å². The van der Waals surface area contributed by atoms with Gasteiger partial charge in [0.15, 0.2) is 11.4 Å². The predicted molar refractivity (Wildman–Crippen MR) is 114 cm³/mol. The average molecular weight is 419 g/mol. The molecular formula is C25H22FNO4. The fourth-order valence-corrected chi connectivity index (χ4v) is 3.89. The van der Waals surface area contributed by atoms with Crippen molar-refractivity contribution in [3.63, 3.8) is 0 Å². The fraction of sp³-hybridized carbons (Fsp3) is 0.200. The van der Waals surface area contributed by atoms with Gasteiger partial charge in [-0.25, -0.2) is 4.39 Å². The molecule has 0 spiro atoms. The van der Waals surface area contributed by atoms with E-state index in [1.54, 1.807) is 60.7 Å². The molecule has 0 unspecified atom stereocenters. The van der Waals surface area contributed by atoms with Crippen LogP contribution in [0.5, 0.6) is 5.75 Å². The van der Waals surface area contributed by atoms with E-state index in [4.69, 9.17) is 4.74 Å². The van der Waals surface area contributed by atoms with Crippen LogP contribution in [0.15, 0.2) is 72.8 Å². The van der Waals surface area contributed by atoms with Crippen molar-refractivity contribution >= 4 is 17.4 Å². The Labute approximate surface area is 179 Å². The zero-order valence-corrected chi connectivity index (χ0v) is 17.0. The molecule has 1 atom stereocenters. The molecule has 1 amide bonds. The van der Waals surface area contributed by atoms with Crippen LogP contribution in [-0.2, 0) is 16.9 Å². The van der Waals surface area contributed by atoms with Crippen LogP contribution >= 0.6 is 0 Å². The summed E-state index contributed by atoms with van der Waals surface area (Å²) < 4.78 is 19.0. The minimum Gasteiger partial charge on any atom is -0.494 e. The second kappa shape index (κ2) is 8.32. The molecular weight excluding hydrogens is 397 g/mol. The molecule has 1 aliphatic heterocycles. The van der Waals surface area contributed by atoms with Gasteiger partial charge in [-0.05, 0) is 55.0 Å². The number of anilines is 1. The molecule has 158 valence electrons. The quantitative estimate of drug-likeness (QED) is 0.582. The number of halogens is 1. The van der Waals surface area contributed by atoms with Gasteiger partial charge in [-0.3, -0.25) is 9.59 Å². The van der Waals surface area contributed by atoms with Crippen molar-refractivity contribution in [1.82, 2.24) is 0 Å². The van der Waals surface area contributed by atoms with Gasteiger partial charge < -0.3 is 14.7 Å². The summed E-state index contributed by atoms with van der Waals surface area (Å²) in [5, 5.41) is 11.4. The lowest BCUT2D eigenvalue weighted by molar-refractivity contribution is -0.136. The number of aliphatic hydroxyl groups is 1. The Morgan fingerprint density at radius 2 is 1.81 bits per heavy atom. The van der Waals surface area contributed by atoms with E-state index in [2.05, 4.69) is 0 Å². The lowest BCUT2D eigenvalue weighted by Gasteiger charge is -2.23. The molecule has 0 radical (unpaired) electrons. The van der Waals surface area contributed by atoms with Gasteiger partial charge in [0.1, 0.15) is 11.6 Å². The van der Waals surface area contributed by atoms with E-state index in [9.17, 15) is 19.1 Å². The number of carbonyl (C=O) groups excluding carboxylic acids is 2. The Bertz CT molecular complexity index is 1130. The summed E-state index contributed by atoms with van der Waals surface area (Å²) in [5.74, 6) is -0.724. The SMILES string of the molecule is CCOc1ccc(C(=O)C[C@@]2(O)C(=O)N(Cc3cccc(F)c3)c3ccccc32)cc1. The zero-order valence-electron chi connectivity index (χ0n) is 17.0. The number of para-hydroxylation sites is 1. The molecule has 0 aromatic heterocycles. The number of benzene rings is 3. The van der Waals surface area contributed by atoms with Crippen molar-refractivity contribution in [3.8, 4) is 5.75 Å². The normalized spacial score (nSPS) is 17.5. The largest absolute Gasteiger partial charge is 0.494 e. The van der Waals surface area contributed by atoms with Crippen LogP contribution in [-0.4, -0.2) is 23.4 Å². The molecule has 1 N–H and O–H groups in total. The van der Waals surface area contributed by atoms with E-state index in [1.165, 1.54) is 17.0 Å². The minimum atomic E-state index is -1.99. The molecule has 1 heterocycles. The maximum atomic E-state index is 13.6. The standard InChI is InChI=1S/C25H22FNO4/c1-2-31-20-12-10-18(11-13-20)23(28)15-25(30)21-8-3-4-9-22(21)27(24(25)29)16-17-6-5-7-19(26)14-17/h3-14,30H,2,15-16H2,1H3/t25-/m0/s1. The molecule has 0 saturated carbocycles. The number of fused-ring (bicyclic) bond motifs is 1. The first kappa shape index (κ1) is 20.8. The molecule has 0 saturated heterocycles. The molecule has 5 nitrogen and oxygen atoms in total. The first-order chi connectivity index (χ1) is 14.9. The maximum absolute atomic E-state index is 13.6. The fourth-order valence-electron chi connectivity index (χ4n) is 3.89. The van der Waals surface area contributed by atoms with Gasteiger partial charge in [0.25, 0.3) is 5.91 Å². The first-order valence-corrected chi connectivity index (χ1v) is 10.1. The summed E-state index contributed by atoms with van der Waals surface area (Å²) in [6.45, 7) is 2.47. The number of hydrogen-bond acceptors (Lipinski definition) is 4. The van der Waals surface area contributed by atoms with Gasteiger partial charge >= 0.3 is 0 Å². The summed E-state index contributed by atoms with van der Waals surface area (Å²) in [5.41, 5.74) is -0.134. The number of amides is 1. The lowest BCUT2D eigenvalue weighted by atomic mass is 9.88. The molecule has 3 aromatic rings. The Morgan fingerprint density at radius 1 is 1.06 bits per heavy atom. The van der Waals surface area contributed by atoms with Crippen LogP contribution in [0.4, 0.5) is 10.1 Å². The number of hydrogen-bond donors (Lipinski definition) is 1. The highest BCUT2D eigenvalue weighted by molar-refractivity contribution is 6.10. The third-order valence-corrected chi connectivity index (χ3v) is 5.37. The number of ether oxygens (including phenoxy) is 1. The highest BCUT2D eigenvalue weighted by atomic mass is 19.1. The molecule has 3 aromatic carbocycles. The number of Topliss-reactive ketones (excluding diaryl/α,β-unsaturated/α-hetero) is 1. The van der Waals surface area contributed by atoms with Crippen LogP contribution < -0.4 is 9.64 Å². The topological polar surface area (TPSA) is 66.8 Å². The summed E-state index contributed by atoms with van der Waals surface area (Å²) >= 11 is 0. The lowest BCUT2D eigenvalue weighted by Crippen LogP contribution is -2.41. The van der Waals surface area contributed by atoms with E-state index >= 15 is 0 Å². The number of nitrogens with zero attached hydrogens (tertiary/aromatic N) is 1. The van der Waals surface area contributed by atoms with Crippen molar-refractivity contribution in [2.75, 3.05) is 11.5 Å². The first-order valence-electron chi connectivity index (χ1n) is 10.1.